The van der Waals surface area contributed by atoms with Crippen LogP contribution in [0.1, 0.15) is 0 Å². The monoisotopic (exact) mass is 227 g/mol. The number of hydrogen-bond acceptors (Lipinski definition) is 2. The minimum absolute atomic E-state index is 0.858. The molecule has 0 amide bonds. The van der Waals surface area contributed by atoms with Gasteiger partial charge in [-0.25, -0.2) is 0 Å². The zero-order valence-corrected chi connectivity index (χ0v) is 9.77. The largest absolute Gasteiger partial charge is 0.497 e. The molecule has 3 rings (SSSR count). The molecule has 17 heavy (non-hydrogen) atoms. The lowest BCUT2D eigenvalue weighted by atomic mass is 10.2. The Hall–Kier alpha value is -2.23. The molecule has 0 saturated carbocycles. The van der Waals surface area contributed by atoms with Gasteiger partial charge in [-0.2, -0.15) is 5.10 Å². The summed E-state index contributed by atoms with van der Waals surface area (Å²) in [5.41, 5.74) is 3.23. The number of aromatic nitrogens is 3. The first kappa shape index (κ1) is 9.96. The minimum atomic E-state index is 0.858. The van der Waals surface area contributed by atoms with Gasteiger partial charge in [0, 0.05) is 41.5 Å². The van der Waals surface area contributed by atoms with E-state index in [0.717, 1.165) is 22.5 Å². The van der Waals surface area contributed by atoms with Gasteiger partial charge in [0.15, 0.2) is 0 Å². The highest BCUT2D eigenvalue weighted by Gasteiger charge is 2.05. The average Bonchev–Trinajstić information content (AvgIpc) is 2.93. The number of aromatic amines is 1. The van der Waals surface area contributed by atoms with Crippen LogP contribution < -0.4 is 4.74 Å². The third-order valence-electron chi connectivity index (χ3n) is 2.85. The van der Waals surface area contributed by atoms with E-state index in [2.05, 4.69) is 16.1 Å². The first-order chi connectivity index (χ1) is 8.26. The van der Waals surface area contributed by atoms with E-state index in [1.165, 1.54) is 5.39 Å². The number of methoxy groups -OCH3 is 1. The maximum absolute atomic E-state index is 5.20. The van der Waals surface area contributed by atoms with Crippen molar-refractivity contribution in [2.45, 2.75) is 0 Å². The molecule has 0 radical (unpaired) electrons. The summed E-state index contributed by atoms with van der Waals surface area (Å²) >= 11 is 0. The Bertz CT molecular complexity index is 666. The SMILES string of the molecule is COc1ccc2cc(-c3cnn(C)c3)[nH]c2c1. The molecule has 1 aromatic carbocycles. The molecule has 0 aliphatic carbocycles. The number of rotatable bonds is 2. The topological polar surface area (TPSA) is 42.8 Å². The Morgan fingerprint density at radius 3 is 2.88 bits per heavy atom. The number of nitrogens with zero attached hydrogens (tertiary/aromatic N) is 2. The number of fused-ring (bicyclic) bond motifs is 1. The molecular weight excluding hydrogens is 214 g/mol. The maximum Gasteiger partial charge on any atom is 0.120 e. The van der Waals surface area contributed by atoms with Crippen molar-refractivity contribution >= 4 is 10.9 Å². The van der Waals surface area contributed by atoms with Crippen molar-refractivity contribution in [2.24, 2.45) is 7.05 Å². The summed E-state index contributed by atoms with van der Waals surface area (Å²) in [6.07, 6.45) is 3.84. The fourth-order valence-corrected chi connectivity index (χ4v) is 1.95. The fourth-order valence-electron chi connectivity index (χ4n) is 1.95. The van der Waals surface area contributed by atoms with Crippen LogP contribution in [0.15, 0.2) is 36.7 Å². The lowest BCUT2D eigenvalue weighted by Crippen LogP contribution is -1.84. The normalized spacial score (nSPS) is 10.9. The number of benzene rings is 1. The quantitative estimate of drug-likeness (QED) is 0.731. The first-order valence-corrected chi connectivity index (χ1v) is 5.42. The van der Waals surface area contributed by atoms with Crippen LogP contribution in [-0.4, -0.2) is 21.9 Å². The van der Waals surface area contributed by atoms with Crippen LogP contribution in [0.3, 0.4) is 0 Å². The molecule has 2 heterocycles. The van der Waals surface area contributed by atoms with Crippen molar-refractivity contribution in [3.8, 4) is 17.0 Å². The number of ether oxygens (including phenoxy) is 1. The molecule has 3 aromatic rings. The van der Waals surface area contributed by atoms with Gasteiger partial charge in [0.05, 0.1) is 13.3 Å². The molecule has 4 nitrogen and oxygen atoms in total. The molecule has 0 fully saturated rings. The van der Waals surface area contributed by atoms with Crippen molar-refractivity contribution in [1.29, 1.82) is 0 Å². The van der Waals surface area contributed by atoms with Crippen LogP contribution in [0.25, 0.3) is 22.2 Å². The van der Waals surface area contributed by atoms with Gasteiger partial charge in [-0.05, 0) is 18.2 Å². The predicted molar refractivity (Wildman–Crippen MR) is 67.1 cm³/mol. The van der Waals surface area contributed by atoms with Gasteiger partial charge in [-0.3, -0.25) is 4.68 Å². The van der Waals surface area contributed by atoms with Crippen LogP contribution in [0.5, 0.6) is 5.75 Å². The number of hydrogen-bond donors (Lipinski definition) is 1. The van der Waals surface area contributed by atoms with Crippen molar-refractivity contribution in [3.63, 3.8) is 0 Å². The van der Waals surface area contributed by atoms with Crippen molar-refractivity contribution in [3.05, 3.63) is 36.7 Å². The zero-order valence-electron chi connectivity index (χ0n) is 9.77. The van der Waals surface area contributed by atoms with Crippen molar-refractivity contribution < 1.29 is 4.74 Å². The third-order valence-corrected chi connectivity index (χ3v) is 2.85. The molecule has 0 unspecified atom stereocenters. The summed E-state index contributed by atoms with van der Waals surface area (Å²) < 4.78 is 7.00. The van der Waals surface area contributed by atoms with Gasteiger partial charge in [0.2, 0.25) is 0 Å². The van der Waals surface area contributed by atoms with Crippen LogP contribution in [0, 0.1) is 0 Å². The second-order valence-corrected chi connectivity index (χ2v) is 4.04. The molecule has 0 aliphatic heterocycles. The zero-order chi connectivity index (χ0) is 11.8. The first-order valence-electron chi connectivity index (χ1n) is 5.42. The summed E-state index contributed by atoms with van der Waals surface area (Å²) in [6.45, 7) is 0. The van der Waals surface area contributed by atoms with Crippen LogP contribution >= 0.6 is 0 Å². The molecule has 0 spiro atoms. The molecule has 86 valence electrons. The Kier molecular flexibility index (Phi) is 2.14. The highest BCUT2D eigenvalue weighted by Crippen LogP contribution is 2.26. The van der Waals surface area contributed by atoms with E-state index in [4.69, 9.17) is 4.74 Å². The molecule has 4 heteroatoms. The minimum Gasteiger partial charge on any atom is -0.497 e. The van der Waals surface area contributed by atoms with E-state index < -0.39 is 0 Å². The second kappa shape index (κ2) is 3.66. The van der Waals surface area contributed by atoms with E-state index >= 15 is 0 Å². The molecule has 0 bridgehead atoms. The van der Waals surface area contributed by atoms with E-state index in [-0.39, 0.29) is 0 Å². The van der Waals surface area contributed by atoms with Crippen LogP contribution in [-0.2, 0) is 7.05 Å². The number of nitrogens with one attached hydrogen (secondary N) is 1. The van der Waals surface area contributed by atoms with Gasteiger partial charge in [-0.1, -0.05) is 0 Å². The second-order valence-electron chi connectivity index (χ2n) is 4.04. The molecule has 2 aromatic heterocycles. The summed E-state index contributed by atoms with van der Waals surface area (Å²) in [7, 11) is 3.58. The summed E-state index contributed by atoms with van der Waals surface area (Å²) in [5.74, 6) is 0.858. The summed E-state index contributed by atoms with van der Waals surface area (Å²) in [4.78, 5) is 3.37. The average molecular weight is 227 g/mol. The van der Waals surface area contributed by atoms with Gasteiger partial charge in [-0.15, -0.1) is 0 Å². The number of aryl methyl sites for hydroxylation is 1. The third kappa shape index (κ3) is 1.67. The Morgan fingerprint density at radius 1 is 1.29 bits per heavy atom. The molecule has 0 atom stereocenters. The van der Waals surface area contributed by atoms with E-state index in [1.54, 1.807) is 11.8 Å². The Morgan fingerprint density at radius 2 is 2.18 bits per heavy atom. The van der Waals surface area contributed by atoms with Gasteiger partial charge < -0.3 is 9.72 Å². The molecule has 0 aliphatic rings. The van der Waals surface area contributed by atoms with Gasteiger partial charge in [0.25, 0.3) is 0 Å². The summed E-state index contributed by atoms with van der Waals surface area (Å²) in [6, 6.07) is 8.12. The smallest absolute Gasteiger partial charge is 0.120 e. The van der Waals surface area contributed by atoms with Gasteiger partial charge in [0.1, 0.15) is 5.75 Å². The van der Waals surface area contributed by atoms with Crippen LogP contribution in [0.2, 0.25) is 0 Å². The lowest BCUT2D eigenvalue weighted by Gasteiger charge is -1.97. The Balaban J connectivity index is 2.13. The van der Waals surface area contributed by atoms with E-state index in [1.807, 2.05) is 37.6 Å². The fraction of sp³-hybridized carbons (Fsp3) is 0.154. The predicted octanol–water partition coefficient (Wildman–Crippen LogP) is 2.58. The molecular formula is C13H13N3O. The summed E-state index contributed by atoms with van der Waals surface area (Å²) in [5, 5.41) is 5.34. The highest BCUT2D eigenvalue weighted by atomic mass is 16.5. The van der Waals surface area contributed by atoms with Gasteiger partial charge >= 0.3 is 0 Å². The van der Waals surface area contributed by atoms with Crippen molar-refractivity contribution in [1.82, 2.24) is 14.8 Å². The lowest BCUT2D eigenvalue weighted by molar-refractivity contribution is 0.415. The Labute approximate surface area is 98.8 Å². The maximum atomic E-state index is 5.20. The number of H-pyrrole nitrogens is 1. The standard InChI is InChI=1S/C13H13N3O/c1-16-8-10(7-14-16)12-5-9-3-4-11(17-2)6-13(9)15-12/h3-8,15H,1-2H3. The molecule has 1 N–H and O–H groups in total. The van der Waals surface area contributed by atoms with E-state index in [0.29, 0.717) is 0 Å². The van der Waals surface area contributed by atoms with Crippen molar-refractivity contribution in [2.75, 3.05) is 7.11 Å². The molecule has 0 saturated heterocycles. The highest BCUT2D eigenvalue weighted by molar-refractivity contribution is 5.86. The van der Waals surface area contributed by atoms with Crippen LogP contribution in [0.4, 0.5) is 0 Å². The van der Waals surface area contributed by atoms with E-state index in [9.17, 15) is 0 Å².